The van der Waals surface area contributed by atoms with Gasteiger partial charge in [0.05, 0.1) is 5.92 Å². The van der Waals surface area contributed by atoms with Crippen molar-refractivity contribution in [1.29, 1.82) is 0 Å². The first-order chi connectivity index (χ1) is 8.09. The molecule has 0 unspecified atom stereocenters. The van der Waals surface area contributed by atoms with E-state index in [2.05, 4.69) is 20.8 Å². The second-order valence-electron chi connectivity index (χ2n) is 6.70. The Bertz CT molecular complexity index is 325. The molecule has 1 aliphatic heterocycles. The maximum atomic E-state index is 11.8. The summed E-state index contributed by atoms with van der Waals surface area (Å²) in [7, 11) is 0. The minimum absolute atomic E-state index is 0.0624. The van der Waals surface area contributed by atoms with Gasteiger partial charge in [-0.25, -0.2) is 0 Å². The van der Waals surface area contributed by atoms with Crippen molar-refractivity contribution in [3.8, 4) is 0 Å². The molecule has 2 saturated carbocycles. The van der Waals surface area contributed by atoms with E-state index in [1.807, 2.05) is 0 Å². The van der Waals surface area contributed by atoms with E-state index in [0.29, 0.717) is 11.8 Å². The van der Waals surface area contributed by atoms with Gasteiger partial charge >= 0.3 is 5.97 Å². The topological polar surface area (TPSA) is 26.3 Å². The first kappa shape index (κ1) is 11.6. The van der Waals surface area contributed by atoms with Gasteiger partial charge in [0, 0.05) is 11.8 Å². The summed E-state index contributed by atoms with van der Waals surface area (Å²) in [6.07, 6.45) is 5.40. The molecule has 0 radical (unpaired) electrons. The van der Waals surface area contributed by atoms with Crippen molar-refractivity contribution in [2.45, 2.75) is 52.6 Å². The fraction of sp³-hybridized carbons (Fsp3) is 0.933. The fourth-order valence-electron chi connectivity index (χ4n) is 4.73. The van der Waals surface area contributed by atoms with E-state index in [-0.39, 0.29) is 18.0 Å². The van der Waals surface area contributed by atoms with Crippen molar-refractivity contribution < 1.29 is 9.53 Å². The van der Waals surface area contributed by atoms with Crippen LogP contribution in [-0.4, -0.2) is 12.1 Å². The van der Waals surface area contributed by atoms with Crippen molar-refractivity contribution in [3.05, 3.63) is 0 Å². The van der Waals surface area contributed by atoms with Crippen LogP contribution >= 0.6 is 0 Å². The standard InChI is InChI=1S/C15H24O2/c1-8-4-7-12-10(3)15(16)17-14(12)13-9(2)5-6-11(8)13/h8-14H,4-7H2,1-3H3/t8-,9-,10+,11-,12-,13+,14-/m0/s1. The van der Waals surface area contributed by atoms with Crippen molar-refractivity contribution in [2.24, 2.45) is 35.5 Å². The Balaban J connectivity index is 1.92. The van der Waals surface area contributed by atoms with E-state index in [4.69, 9.17) is 4.74 Å². The van der Waals surface area contributed by atoms with Crippen LogP contribution in [0.2, 0.25) is 0 Å². The minimum Gasteiger partial charge on any atom is -0.462 e. The third-order valence-electron chi connectivity index (χ3n) is 5.86. The second kappa shape index (κ2) is 4.00. The molecule has 7 atom stereocenters. The Morgan fingerprint density at radius 1 is 0.941 bits per heavy atom. The highest BCUT2D eigenvalue weighted by Gasteiger charge is 2.53. The predicted molar refractivity (Wildman–Crippen MR) is 66.3 cm³/mol. The molecule has 3 fully saturated rings. The molecule has 17 heavy (non-hydrogen) atoms. The molecule has 1 saturated heterocycles. The van der Waals surface area contributed by atoms with E-state index in [1.54, 1.807) is 0 Å². The van der Waals surface area contributed by atoms with Crippen LogP contribution in [0.1, 0.15) is 46.5 Å². The Labute approximate surface area is 104 Å². The molecule has 0 aromatic rings. The molecule has 3 rings (SSSR count). The van der Waals surface area contributed by atoms with Crippen LogP contribution in [-0.2, 0) is 9.53 Å². The summed E-state index contributed by atoms with van der Waals surface area (Å²) in [6.45, 7) is 6.83. The van der Waals surface area contributed by atoms with Crippen molar-refractivity contribution in [3.63, 3.8) is 0 Å². The van der Waals surface area contributed by atoms with Gasteiger partial charge < -0.3 is 4.74 Å². The van der Waals surface area contributed by atoms with Crippen LogP contribution in [0.5, 0.6) is 0 Å². The Hall–Kier alpha value is -0.530. The summed E-state index contributed by atoms with van der Waals surface area (Å²) in [5.41, 5.74) is 0. The lowest BCUT2D eigenvalue weighted by Crippen LogP contribution is -2.32. The van der Waals surface area contributed by atoms with E-state index in [0.717, 1.165) is 17.8 Å². The molecule has 0 amide bonds. The maximum absolute atomic E-state index is 11.8. The monoisotopic (exact) mass is 236 g/mol. The Kier molecular flexibility index (Phi) is 2.72. The van der Waals surface area contributed by atoms with Gasteiger partial charge in [-0.05, 0) is 30.6 Å². The van der Waals surface area contributed by atoms with Gasteiger partial charge in [0.15, 0.2) is 0 Å². The first-order valence-electron chi connectivity index (χ1n) is 7.30. The van der Waals surface area contributed by atoms with Crippen LogP contribution in [0.25, 0.3) is 0 Å². The highest BCUT2D eigenvalue weighted by molar-refractivity contribution is 5.74. The molecule has 0 spiro atoms. The number of hydrogen-bond donors (Lipinski definition) is 0. The summed E-state index contributed by atoms with van der Waals surface area (Å²) in [6, 6.07) is 0. The first-order valence-corrected chi connectivity index (χ1v) is 7.30. The van der Waals surface area contributed by atoms with Crippen LogP contribution < -0.4 is 0 Å². The van der Waals surface area contributed by atoms with Gasteiger partial charge in [-0.1, -0.05) is 33.6 Å². The number of esters is 1. The van der Waals surface area contributed by atoms with Gasteiger partial charge in [0.1, 0.15) is 6.10 Å². The lowest BCUT2D eigenvalue weighted by molar-refractivity contribution is -0.146. The van der Waals surface area contributed by atoms with E-state index in [1.165, 1.54) is 25.7 Å². The smallest absolute Gasteiger partial charge is 0.309 e. The molecule has 96 valence electrons. The highest BCUT2D eigenvalue weighted by Crippen LogP contribution is 2.52. The third kappa shape index (κ3) is 1.63. The summed E-state index contributed by atoms with van der Waals surface area (Å²) >= 11 is 0. The number of carbonyl (C=O) groups excluding carboxylic acids is 1. The zero-order chi connectivity index (χ0) is 12.2. The molecular formula is C15H24O2. The number of carbonyl (C=O) groups is 1. The Morgan fingerprint density at radius 2 is 1.59 bits per heavy atom. The zero-order valence-corrected chi connectivity index (χ0v) is 11.2. The molecule has 0 bridgehead atoms. The highest BCUT2D eigenvalue weighted by atomic mass is 16.6. The lowest BCUT2D eigenvalue weighted by atomic mass is 9.77. The van der Waals surface area contributed by atoms with E-state index in [9.17, 15) is 4.79 Å². The number of rotatable bonds is 0. The Morgan fingerprint density at radius 3 is 2.35 bits per heavy atom. The average molecular weight is 236 g/mol. The van der Waals surface area contributed by atoms with Crippen LogP contribution in [0, 0.1) is 35.5 Å². The summed E-state index contributed by atoms with van der Waals surface area (Å²) < 4.78 is 5.75. The van der Waals surface area contributed by atoms with Crippen molar-refractivity contribution >= 4 is 5.97 Å². The molecule has 2 heteroatoms. The SMILES string of the molecule is C[C@H]1CC[C@@H]2[C@H](OC(=O)[C@@H]2C)[C@H]2[C@H]1CC[C@@H]2C. The van der Waals surface area contributed by atoms with Crippen molar-refractivity contribution in [2.75, 3.05) is 0 Å². The van der Waals surface area contributed by atoms with Crippen LogP contribution in [0.15, 0.2) is 0 Å². The molecule has 2 aliphatic carbocycles. The van der Waals surface area contributed by atoms with Gasteiger partial charge in [-0.3, -0.25) is 4.79 Å². The maximum Gasteiger partial charge on any atom is 0.309 e. The predicted octanol–water partition coefficient (Wildman–Crippen LogP) is 3.26. The fourth-order valence-corrected chi connectivity index (χ4v) is 4.73. The molecule has 3 aliphatic rings. The van der Waals surface area contributed by atoms with Gasteiger partial charge in [0.2, 0.25) is 0 Å². The number of fused-ring (bicyclic) bond motifs is 3. The van der Waals surface area contributed by atoms with E-state index < -0.39 is 0 Å². The van der Waals surface area contributed by atoms with E-state index >= 15 is 0 Å². The summed E-state index contributed by atoms with van der Waals surface area (Å²) in [5.74, 6) is 3.71. The zero-order valence-electron chi connectivity index (χ0n) is 11.2. The van der Waals surface area contributed by atoms with Crippen LogP contribution in [0.4, 0.5) is 0 Å². The van der Waals surface area contributed by atoms with Gasteiger partial charge in [-0.15, -0.1) is 0 Å². The molecule has 1 heterocycles. The third-order valence-corrected chi connectivity index (χ3v) is 5.86. The molecule has 0 N–H and O–H groups in total. The molecule has 0 aromatic carbocycles. The lowest BCUT2D eigenvalue weighted by Gasteiger charge is -2.30. The van der Waals surface area contributed by atoms with Gasteiger partial charge in [-0.2, -0.15) is 0 Å². The largest absolute Gasteiger partial charge is 0.462 e. The molecule has 0 aromatic heterocycles. The van der Waals surface area contributed by atoms with Gasteiger partial charge in [0.25, 0.3) is 0 Å². The number of hydrogen-bond acceptors (Lipinski definition) is 2. The quantitative estimate of drug-likeness (QED) is 0.603. The summed E-state index contributed by atoms with van der Waals surface area (Å²) in [5, 5.41) is 0. The van der Waals surface area contributed by atoms with Crippen LogP contribution in [0.3, 0.4) is 0 Å². The second-order valence-corrected chi connectivity index (χ2v) is 6.70. The normalized spacial score (nSPS) is 53.8. The average Bonchev–Trinajstić information content (AvgIpc) is 2.75. The summed E-state index contributed by atoms with van der Waals surface area (Å²) in [4.78, 5) is 11.8. The van der Waals surface area contributed by atoms with Crippen molar-refractivity contribution in [1.82, 2.24) is 0 Å². The minimum atomic E-state index is 0.0624. The molecule has 2 nitrogen and oxygen atoms in total. The number of ether oxygens (including phenoxy) is 1. The molecular weight excluding hydrogens is 212 g/mol.